The molecule has 204 valence electrons. The maximum Gasteiger partial charge on any atom is 0.355 e. The van der Waals surface area contributed by atoms with E-state index in [0.29, 0.717) is 27.5 Å². The van der Waals surface area contributed by atoms with E-state index in [2.05, 4.69) is 29.2 Å². The van der Waals surface area contributed by atoms with Crippen LogP contribution in [0.25, 0.3) is 10.6 Å². The Hall–Kier alpha value is -3.40. The predicted octanol–water partition coefficient (Wildman–Crippen LogP) is 5.87. The first kappa shape index (κ1) is 27.2. The molecule has 1 aliphatic rings. The van der Waals surface area contributed by atoms with Crippen LogP contribution in [0.5, 0.6) is 0 Å². The van der Waals surface area contributed by atoms with Crippen molar-refractivity contribution in [1.29, 1.82) is 0 Å². The van der Waals surface area contributed by atoms with E-state index in [1.807, 2.05) is 36.4 Å². The van der Waals surface area contributed by atoms with Gasteiger partial charge in [0.15, 0.2) is 5.76 Å². The van der Waals surface area contributed by atoms with Gasteiger partial charge in [0.2, 0.25) is 0 Å². The molecule has 0 atom stereocenters. The standard InChI is InChI=1S/C29H31ClN4O4S/c1-19(2)33-14-12-21(13-15-33)31-28(35)23-8-9-24(29(36)37-18-20-6-4-3-5-7-20)34(23)17-22-16-25(38-32-22)26-10-11-27(30)39-26/h3-11,16,19,21H,12-15,17-18H2,1-2H3,(H,31,35). The molecule has 10 heteroatoms. The smallest absolute Gasteiger partial charge is 0.355 e. The van der Waals surface area contributed by atoms with Crippen LogP contribution in [-0.4, -0.2) is 51.7 Å². The number of piperidine rings is 1. The van der Waals surface area contributed by atoms with Gasteiger partial charge in [0.25, 0.3) is 5.91 Å². The van der Waals surface area contributed by atoms with Gasteiger partial charge < -0.3 is 24.0 Å². The van der Waals surface area contributed by atoms with E-state index < -0.39 is 5.97 Å². The fourth-order valence-electron chi connectivity index (χ4n) is 4.74. The molecular weight excluding hydrogens is 536 g/mol. The number of nitrogens with one attached hydrogen (secondary N) is 1. The van der Waals surface area contributed by atoms with E-state index in [9.17, 15) is 9.59 Å². The number of thiophene rings is 1. The van der Waals surface area contributed by atoms with Crippen molar-refractivity contribution in [3.05, 3.63) is 87.6 Å². The number of aromatic nitrogens is 2. The minimum absolute atomic E-state index is 0.0755. The highest BCUT2D eigenvalue weighted by molar-refractivity contribution is 7.19. The van der Waals surface area contributed by atoms with Crippen molar-refractivity contribution < 1.29 is 18.8 Å². The van der Waals surface area contributed by atoms with Gasteiger partial charge in [-0.05, 0) is 56.5 Å². The van der Waals surface area contributed by atoms with Crippen molar-refractivity contribution in [1.82, 2.24) is 19.9 Å². The number of likely N-dealkylation sites (tertiary alicyclic amines) is 1. The molecule has 1 saturated heterocycles. The third-order valence-electron chi connectivity index (χ3n) is 6.93. The Morgan fingerprint density at radius 2 is 1.85 bits per heavy atom. The highest BCUT2D eigenvalue weighted by Crippen LogP contribution is 2.31. The molecule has 0 saturated carbocycles. The molecule has 1 aromatic carbocycles. The van der Waals surface area contributed by atoms with Crippen molar-refractivity contribution in [3.8, 4) is 10.6 Å². The first-order valence-corrected chi connectivity index (χ1v) is 14.2. The van der Waals surface area contributed by atoms with E-state index in [-0.39, 0.29) is 30.8 Å². The predicted molar refractivity (Wildman–Crippen MR) is 151 cm³/mol. The molecule has 0 unspecified atom stereocenters. The highest BCUT2D eigenvalue weighted by Gasteiger charge is 2.26. The second-order valence-corrected chi connectivity index (χ2v) is 11.6. The number of hydrogen-bond acceptors (Lipinski definition) is 7. The minimum Gasteiger partial charge on any atom is -0.456 e. The summed E-state index contributed by atoms with van der Waals surface area (Å²) in [4.78, 5) is 29.8. The number of amides is 1. The van der Waals surface area contributed by atoms with Crippen LogP contribution in [0.1, 0.15) is 58.9 Å². The van der Waals surface area contributed by atoms with Gasteiger partial charge in [-0.1, -0.05) is 47.1 Å². The Morgan fingerprint density at radius 1 is 1.10 bits per heavy atom. The average molecular weight is 567 g/mol. The molecule has 1 N–H and O–H groups in total. The number of halogens is 1. The molecule has 8 nitrogen and oxygen atoms in total. The van der Waals surface area contributed by atoms with Crippen LogP contribution < -0.4 is 5.32 Å². The van der Waals surface area contributed by atoms with E-state index >= 15 is 0 Å². The van der Waals surface area contributed by atoms with Crippen LogP contribution in [-0.2, 0) is 17.9 Å². The molecule has 5 rings (SSSR count). The second kappa shape index (κ2) is 12.2. The summed E-state index contributed by atoms with van der Waals surface area (Å²) in [5.74, 6) is -0.170. The topological polar surface area (TPSA) is 89.6 Å². The second-order valence-electron chi connectivity index (χ2n) is 9.92. The molecule has 1 fully saturated rings. The fourth-order valence-corrected chi connectivity index (χ4v) is 5.73. The number of carbonyl (C=O) groups is 2. The summed E-state index contributed by atoms with van der Waals surface area (Å²) in [6.45, 7) is 6.55. The van der Waals surface area contributed by atoms with Crippen LogP contribution >= 0.6 is 22.9 Å². The summed E-state index contributed by atoms with van der Waals surface area (Å²) in [5.41, 5.74) is 2.10. The van der Waals surface area contributed by atoms with Crippen molar-refractivity contribution in [2.75, 3.05) is 13.1 Å². The van der Waals surface area contributed by atoms with Crippen LogP contribution in [0.4, 0.5) is 0 Å². The highest BCUT2D eigenvalue weighted by atomic mass is 35.5. The first-order chi connectivity index (χ1) is 18.9. The zero-order valence-electron chi connectivity index (χ0n) is 21.9. The fraction of sp³-hybridized carbons (Fsp3) is 0.345. The quantitative estimate of drug-likeness (QED) is 0.255. The van der Waals surface area contributed by atoms with E-state index in [4.69, 9.17) is 20.9 Å². The molecule has 0 bridgehead atoms. The Labute approximate surface area is 236 Å². The third kappa shape index (κ3) is 6.61. The Morgan fingerprint density at radius 3 is 2.54 bits per heavy atom. The Bertz CT molecular complexity index is 1420. The van der Waals surface area contributed by atoms with E-state index in [0.717, 1.165) is 36.4 Å². The lowest BCUT2D eigenvalue weighted by Gasteiger charge is -2.34. The molecule has 39 heavy (non-hydrogen) atoms. The lowest BCUT2D eigenvalue weighted by Crippen LogP contribution is -2.47. The molecular formula is C29H31ClN4O4S. The number of ether oxygens (including phenoxy) is 1. The van der Waals surface area contributed by atoms with Crippen molar-refractivity contribution >= 4 is 34.8 Å². The van der Waals surface area contributed by atoms with Crippen molar-refractivity contribution in [2.24, 2.45) is 0 Å². The Balaban J connectivity index is 1.36. The van der Waals surface area contributed by atoms with Crippen LogP contribution in [0, 0.1) is 0 Å². The molecule has 3 aromatic heterocycles. The van der Waals surface area contributed by atoms with Crippen LogP contribution in [0.2, 0.25) is 4.34 Å². The number of esters is 1. The number of rotatable bonds is 9. The first-order valence-electron chi connectivity index (χ1n) is 13.0. The molecule has 0 aliphatic carbocycles. The number of nitrogens with zero attached hydrogens (tertiary/aromatic N) is 3. The zero-order valence-corrected chi connectivity index (χ0v) is 23.5. The number of hydrogen-bond donors (Lipinski definition) is 1. The van der Waals surface area contributed by atoms with Crippen LogP contribution in [0.3, 0.4) is 0 Å². The van der Waals surface area contributed by atoms with Gasteiger partial charge in [-0.2, -0.15) is 0 Å². The van der Waals surface area contributed by atoms with Gasteiger partial charge in [0.05, 0.1) is 15.8 Å². The zero-order chi connectivity index (χ0) is 27.4. The van der Waals surface area contributed by atoms with Gasteiger partial charge in [0, 0.05) is 31.2 Å². The normalized spacial score (nSPS) is 14.6. The van der Waals surface area contributed by atoms with Gasteiger partial charge in [0.1, 0.15) is 23.7 Å². The molecule has 0 spiro atoms. The number of carbonyl (C=O) groups excluding carboxylic acids is 2. The molecule has 1 amide bonds. The van der Waals surface area contributed by atoms with E-state index in [1.54, 1.807) is 28.8 Å². The summed E-state index contributed by atoms with van der Waals surface area (Å²) in [7, 11) is 0. The average Bonchev–Trinajstić information content (AvgIpc) is 3.68. The summed E-state index contributed by atoms with van der Waals surface area (Å²) >= 11 is 7.46. The van der Waals surface area contributed by atoms with Crippen molar-refractivity contribution in [2.45, 2.75) is 51.9 Å². The van der Waals surface area contributed by atoms with Gasteiger partial charge in [-0.3, -0.25) is 4.79 Å². The van der Waals surface area contributed by atoms with Gasteiger partial charge in [-0.25, -0.2) is 4.79 Å². The summed E-state index contributed by atoms with van der Waals surface area (Å²) < 4.78 is 13.4. The van der Waals surface area contributed by atoms with Gasteiger partial charge in [-0.15, -0.1) is 11.3 Å². The summed E-state index contributed by atoms with van der Waals surface area (Å²) in [6.07, 6.45) is 1.76. The lowest BCUT2D eigenvalue weighted by molar-refractivity contribution is 0.0460. The maximum atomic E-state index is 13.4. The number of benzene rings is 1. The van der Waals surface area contributed by atoms with Crippen LogP contribution in [0.15, 0.2) is 65.2 Å². The Kier molecular flexibility index (Phi) is 8.50. The summed E-state index contributed by atoms with van der Waals surface area (Å²) in [6, 6.07) is 18.8. The van der Waals surface area contributed by atoms with E-state index in [1.165, 1.54) is 11.3 Å². The monoisotopic (exact) mass is 566 g/mol. The molecule has 4 aromatic rings. The van der Waals surface area contributed by atoms with Crippen molar-refractivity contribution in [3.63, 3.8) is 0 Å². The molecule has 1 aliphatic heterocycles. The summed E-state index contributed by atoms with van der Waals surface area (Å²) in [5, 5.41) is 7.36. The van der Waals surface area contributed by atoms with Gasteiger partial charge >= 0.3 is 5.97 Å². The third-order valence-corrected chi connectivity index (χ3v) is 8.17. The largest absolute Gasteiger partial charge is 0.456 e. The molecule has 4 heterocycles. The molecule has 0 radical (unpaired) electrons. The SMILES string of the molecule is CC(C)N1CCC(NC(=O)c2ccc(C(=O)OCc3ccccc3)n2Cc2cc(-c3ccc(Cl)s3)on2)CC1. The minimum atomic E-state index is -0.517. The maximum absolute atomic E-state index is 13.4. The lowest BCUT2D eigenvalue weighted by atomic mass is 10.0.